The summed E-state index contributed by atoms with van der Waals surface area (Å²) >= 11 is 0. The molecule has 2 unspecified atom stereocenters. The van der Waals surface area contributed by atoms with Gasteiger partial charge >= 0.3 is 0 Å². The van der Waals surface area contributed by atoms with Crippen molar-refractivity contribution in [1.29, 1.82) is 0 Å². The Hall–Kier alpha value is -0.860. The lowest BCUT2D eigenvalue weighted by molar-refractivity contribution is 0.202. The van der Waals surface area contributed by atoms with Crippen molar-refractivity contribution >= 4 is 0 Å². The molecule has 1 aliphatic rings. The molecule has 0 amide bonds. The Morgan fingerprint density at radius 3 is 2.47 bits per heavy atom. The van der Waals surface area contributed by atoms with E-state index in [2.05, 4.69) is 31.2 Å². The monoisotopic (exact) mass is 233 g/mol. The molecule has 1 aliphatic carbocycles. The van der Waals surface area contributed by atoms with Crippen molar-refractivity contribution < 1.29 is 4.74 Å². The molecule has 0 saturated heterocycles. The molecule has 0 radical (unpaired) electrons. The topological polar surface area (TPSA) is 35.2 Å². The zero-order valence-corrected chi connectivity index (χ0v) is 10.9. The quantitative estimate of drug-likeness (QED) is 0.820. The van der Waals surface area contributed by atoms with Crippen molar-refractivity contribution in [2.24, 2.45) is 17.6 Å². The minimum atomic E-state index is 0.193. The third-order valence-electron chi connectivity index (χ3n) is 3.89. The van der Waals surface area contributed by atoms with Gasteiger partial charge in [-0.15, -0.1) is 0 Å². The Kier molecular flexibility index (Phi) is 4.19. The van der Waals surface area contributed by atoms with Crippen LogP contribution in [0, 0.1) is 11.8 Å². The van der Waals surface area contributed by atoms with Crippen molar-refractivity contribution in [3.63, 3.8) is 0 Å². The van der Waals surface area contributed by atoms with Gasteiger partial charge in [0.1, 0.15) is 0 Å². The summed E-state index contributed by atoms with van der Waals surface area (Å²) in [4.78, 5) is 0. The summed E-state index contributed by atoms with van der Waals surface area (Å²) in [7, 11) is 1.74. The number of ether oxygens (including phenoxy) is 1. The summed E-state index contributed by atoms with van der Waals surface area (Å²) in [6.45, 7) is 3.06. The predicted molar refractivity (Wildman–Crippen MR) is 70.8 cm³/mol. The maximum Gasteiger partial charge on any atom is 0.0502 e. The average molecular weight is 233 g/mol. The fraction of sp³-hybridized carbons (Fsp3) is 0.600. The van der Waals surface area contributed by atoms with Gasteiger partial charge in [-0.25, -0.2) is 0 Å². The van der Waals surface area contributed by atoms with E-state index in [9.17, 15) is 0 Å². The standard InChI is InChI=1S/C15H23NO/c1-11(13-7-8-13)15(16)14-5-3-12(4-6-14)9-10-17-2/h3-6,11,13,15H,7-10,16H2,1-2H3. The van der Waals surface area contributed by atoms with Crippen LogP contribution in [0.15, 0.2) is 24.3 Å². The van der Waals surface area contributed by atoms with Crippen LogP contribution < -0.4 is 5.73 Å². The number of hydrogen-bond acceptors (Lipinski definition) is 2. The first-order chi connectivity index (χ1) is 8.22. The molecule has 1 aromatic rings. The molecule has 17 heavy (non-hydrogen) atoms. The van der Waals surface area contributed by atoms with E-state index in [-0.39, 0.29) is 6.04 Å². The zero-order valence-electron chi connectivity index (χ0n) is 10.9. The SMILES string of the molecule is COCCc1ccc(C(N)C(C)C2CC2)cc1. The molecule has 2 heteroatoms. The predicted octanol–water partition coefficient (Wildman–Crippen LogP) is 2.92. The van der Waals surface area contributed by atoms with Crippen LogP contribution in [0.1, 0.15) is 36.9 Å². The number of rotatable bonds is 6. The summed E-state index contributed by atoms with van der Waals surface area (Å²) in [6.07, 6.45) is 3.70. The molecule has 2 atom stereocenters. The van der Waals surface area contributed by atoms with Crippen molar-refractivity contribution in [2.75, 3.05) is 13.7 Å². The van der Waals surface area contributed by atoms with Crippen molar-refractivity contribution in [1.82, 2.24) is 0 Å². The Balaban J connectivity index is 1.96. The van der Waals surface area contributed by atoms with Gasteiger partial charge < -0.3 is 10.5 Å². The lowest BCUT2D eigenvalue weighted by Gasteiger charge is -2.20. The first kappa shape index (κ1) is 12.6. The Morgan fingerprint density at radius 1 is 1.29 bits per heavy atom. The van der Waals surface area contributed by atoms with E-state index >= 15 is 0 Å². The van der Waals surface area contributed by atoms with Gasteiger partial charge in [0.15, 0.2) is 0 Å². The molecule has 0 aromatic heterocycles. The van der Waals surface area contributed by atoms with Gasteiger partial charge in [-0.05, 0) is 42.2 Å². The van der Waals surface area contributed by atoms with Crippen LogP contribution in [0.2, 0.25) is 0 Å². The first-order valence-electron chi connectivity index (χ1n) is 6.55. The maximum atomic E-state index is 6.30. The van der Waals surface area contributed by atoms with Crippen LogP contribution >= 0.6 is 0 Å². The van der Waals surface area contributed by atoms with E-state index in [1.54, 1.807) is 7.11 Å². The van der Waals surface area contributed by atoms with E-state index in [1.165, 1.54) is 24.0 Å². The second kappa shape index (κ2) is 5.65. The van der Waals surface area contributed by atoms with Crippen molar-refractivity contribution in [3.8, 4) is 0 Å². The highest BCUT2D eigenvalue weighted by Crippen LogP contribution is 2.41. The summed E-state index contributed by atoms with van der Waals surface area (Å²) < 4.78 is 5.08. The summed E-state index contributed by atoms with van der Waals surface area (Å²) in [5.41, 5.74) is 8.90. The third-order valence-corrected chi connectivity index (χ3v) is 3.89. The highest BCUT2D eigenvalue weighted by molar-refractivity contribution is 5.25. The Morgan fingerprint density at radius 2 is 1.94 bits per heavy atom. The summed E-state index contributed by atoms with van der Waals surface area (Å²) in [5, 5.41) is 0. The molecule has 0 bridgehead atoms. The highest BCUT2D eigenvalue weighted by Gasteiger charge is 2.32. The van der Waals surface area contributed by atoms with E-state index in [0.717, 1.165) is 18.9 Å². The van der Waals surface area contributed by atoms with Gasteiger partial charge in [-0.1, -0.05) is 31.2 Å². The normalized spacial score (nSPS) is 19.0. The molecule has 1 aromatic carbocycles. The molecule has 94 valence electrons. The van der Waals surface area contributed by atoms with Crippen molar-refractivity contribution in [3.05, 3.63) is 35.4 Å². The Labute approximate surface area is 104 Å². The second-order valence-corrected chi connectivity index (χ2v) is 5.21. The highest BCUT2D eigenvalue weighted by atomic mass is 16.5. The van der Waals surface area contributed by atoms with Gasteiger partial charge in [-0.2, -0.15) is 0 Å². The number of methoxy groups -OCH3 is 1. The van der Waals surface area contributed by atoms with Crippen molar-refractivity contribution in [2.45, 2.75) is 32.2 Å². The number of benzene rings is 1. The largest absolute Gasteiger partial charge is 0.384 e. The average Bonchev–Trinajstić information content (AvgIpc) is 3.19. The van der Waals surface area contributed by atoms with E-state index in [1.807, 2.05) is 0 Å². The molecular weight excluding hydrogens is 210 g/mol. The second-order valence-electron chi connectivity index (χ2n) is 5.21. The molecule has 0 aliphatic heterocycles. The molecule has 1 fully saturated rings. The maximum absolute atomic E-state index is 6.30. The number of nitrogens with two attached hydrogens (primary N) is 1. The van der Waals surface area contributed by atoms with Crippen LogP contribution in [0.5, 0.6) is 0 Å². The fourth-order valence-electron chi connectivity index (χ4n) is 2.35. The third kappa shape index (κ3) is 3.30. The van der Waals surface area contributed by atoms with E-state index in [0.29, 0.717) is 5.92 Å². The summed E-state index contributed by atoms with van der Waals surface area (Å²) in [5.74, 6) is 1.47. The van der Waals surface area contributed by atoms with Gasteiger partial charge in [-0.3, -0.25) is 0 Å². The molecule has 1 saturated carbocycles. The van der Waals surface area contributed by atoms with Crippen LogP contribution in [0.25, 0.3) is 0 Å². The van der Waals surface area contributed by atoms with Crippen LogP contribution in [0.3, 0.4) is 0 Å². The molecular formula is C15H23NO. The van der Waals surface area contributed by atoms with Gasteiger partial charge in [0.25, 0.3) is 0 Å². The molecule has 2 nitrogen and oxygen atoms in total. The minimum Gasteiger partial charge on any atom is -0.384 e. The molecule has 2 rings (SSSR count). The number of hydrogen-bond donors (Lipinski definition) is 1. The zero-order chi connectivity index (χ0) is 12.3. The molecule has 0 spiro atoms. The fourth-order valence-corrected chi connectivity index (χ4v) is 2.35. The molecule has 2 N–H and O–H groups in total. The van der Waals surface area contributed by atoms with Gasteiger partial charge in [0.05, 0.1) is 6.61 Å². The van der Waals surface area contributed by atoms with E-state index < -0.39 is 0 Å². The van der Waals surface area contributed by atoms with Crippen LogP contribution in [-0.2, 0) is 11.2 Å². The van der Waals surface area contributed by atoms with Crippen LogP contribution in [0.4, 0.5) is 0 Å². The summed E-state index contributed by atoms with van der Waals surface area (Å²) in [6, 6.07) is 8.89. The Bertz CT molecular complexity index is 342. The first-order valence-corrected chi connectivity index (χ1v) is 6.55. The van der Waals surface area contributed by atoms with E-state index in [4.69, 9.17) is 10.5 Å². The smallest absolute Gasteiger partial charge is 0.0502 e. The lowest BCUT2D eigenvalue weighted by Crippen LogP contribution is -2.20. The minimum absolute atomic E-state index is 0.193. The lowest BCUT2D eigenvalue weighted by atomic mass is 9.91. The van der Waals surface area contributed by atoms with Gasteiger partial charge in [0.2, 0.25) is 0 Å². The van der Waals surface area contributed by atoms with Crippen LogP contribution in [-0.4, -0.2) is 13.7 Å². The van der Waals surface area contributed by atoms with Gasteiger partial charge in [0, 0.05) is 13.2 Å². The molecule has 0 heterocycles.